The number of rotatable bonds is 2. The van der Waals surface area contributed by atoms with E-state index in [4.69, 9.17) is 11.2 Å². The topological polar surface area (TPSA) is 12.5 Å². The lowest BCUT2D eigenvalue weighted by atomic mass is 10.0. The summed E-state index contributed by atoms with van der Waals surface area (Å²) in [6.45, 7) is 5.29. The second kappa shape index (κ2) is 3.82. The Morgan fingerprint density at radius 2 is 2.25 bits per heavy atom. The molecule has 1 aliphatic heterocycles. The van der Waals surface area contributed by atoms with Crippen molar-refractivity contribution in [2.75, 3.05) is 13.7 Å². The van der Waals surface area contributed by atoms with Gasteiger partial charge in [0.05, 0.1) is 12.6 Å². The summed E-state index contributed by atoms with van der Waals surface area (Å²) >= 11 is 0. The van der Waals surface area contributed by atoms with Gasteiger partial charge in [0.1, 0.15) is 0 Å². The molecule has 1 rings (SSSR count). The predicted octanol–water partition coefficient (Wildman–Crippen LogP) is 1.32. The highest BCUT2D eigenvalue weighted by molar-refractivity contribution is 4.98. The molecule has 2 heteroatoms. The zero-order valence-corrected chi connectivity index (χ0v) is 8.08. The van der Waals surface area contributed by atoms with Crippen molar-refractivity contribution in [1.29, 1.82) is 0 Å². The molecule has 0 aliphatic carbocycles. The fourth-order valence-corrected chi connectivity index (χ4v) is 1.78. The van der Waals surface area contributed by atoms with Crippen molar-refractivity contribution in [3.05, 3.63) is 0 Å². The third kappa shape index (κ3) is 1.73. The van der Waals surface area contributed by atoms with Crippen LogP contribution in [0.5, 0.6) is 0 Å². The van der Waals surface area contributed by atoms with Crippen LogP contribution in [0.1, 0.15) is 20.3 Å². The summed E-state index contributed by atoms with van der Waals surface area (Å²) in [4.78, 5) is 2.05. The lowest BCUT2D eigenvalue weighted by molar-refractivity contribution is 0.113. The van der Waals surface area contributed by atoms with Gasteiger partial charge in [-0.15, -0.1) is 0 Å². The van der Waals surface area contributed by atoms with Gasteiger partial charge in [0.25, 0.3) is 0 Å². The van der Waals surface area contributed by atoms with Gasteiger partial charge in [0.15, 0.2) is 0 Å². The number of methoxy groups -OCH3 is 1. The standard InChI is InChI=1S/C10H17NO/c1-5-11-7-9(12-4)6-10(11)8(2)3/h1,8-10H,6-7H2,2-4H3/t9-,10?/m1/s1. The Balaban J connectivity index is 2.58. The highest BCUT2D eigenvalue weighted by Gasteiger charge is 2.32. The number of hydrogen-bond acceptors (Lipinski definition) is 2. The molecular weight excluding hydrogens is 150 g/mol. The Labute approximate surface area is 74.9 Å². The molecule has 1 unspecified atom stereocenters. The number of terminal acetylenes is 1. The first kappa shape index (κ1) is 9.41. The maximum Gasteiger partial charge on any atom is 0.0773 e. The predicted molar refractivity (Wildman–Crippen MR) is 49.6 cm³/mol. The minimum absolute atomic E-state index is 0.327. The third-order valence-electron chi connectivity index (χ3n) is 2.57. The van der Waals surface area contributed by atoms with E-state index in [1.54, 1.807) is 7.11 Å². The van der Waals surface area contributed by atoms with E-state index in [1.807, 2.05) is 0 Å². The smallest absolute Gasteiger partial charge is 0.0773 e. The van der Waals surface area contributed by atoms with Gasteiger partial charge in [-0.05, 0) is 12.3 Å². The number of likely N-dealkylation sites (tertiary alicyclic amines) is 1. The van der Waals surface area contributed by atoms with E-state index in [1.165, 1.54) is 0 Å². The summed E-state index contributed by atoms with van der Waals surface area (Å²) in [5, 5.41) is 0. The number of ether oxygens (including phenoxy) is 1. The molecule has 12 heavy (non-hydrogen) atoms. The Bertz CT molecular complexity index is 183. The van der Waals surface area contributed by atoms with Gasteiger partial charge in [-0.2, -0.15) is 0 Å². The van der Waals surface area contributed by atoms with Crippen LogP contribution in [-0.4, -0.2) is 30.7 Å². The van der Waals surface area contributed by atoms with Crippen molar-refractivity contribution in [2.45, 2.75) is 32.4 Å². The highest BCUT2D eigenvalue weighted by Crippen LogP contribution is 2.24. The molecule has 0 spiro atoms. The summed E-state index contributed by atoms with van der Waals surface area (Å²) in [6.07, 6.45) is 6.79. The van der Waals surface area contributed by atoms with Crippen LogP contribution in [0.3, 0.4) is 0 Å². The van der Waals surface area contributed by atoms with E-state index < -0.39 is 0 Å². The van der Waals surface area contributed by atoms with Gasteiger partial charge in [0, 0.05) is 19.2 Å². The van der Waals surface area contributed by atoms with E-state index in [9.17, 15) is 0 Å². The molecule has 0 amide bonds. The molecular formula is C10H17NO. The van der Waals surface area contributed by atoms with Crippen molar-refractivity contribution in [3.63, 3.8) is 0 Å². The van der Waals surface area contributed by atoms with Crippen LogP contribution in [0.2, 0.25) is 0 Å². The van der Waals surface area contributed by atoms with Gasteiger partial charge in [-0.25, -0.2) is 0 Å². The molecule has 2 nitrogen and oxygen atoms in total. The summed E-state index contributed by atoms with van der Waals surface area (Å²) in [5.74, 6) is 0.612. The van der Waals surface area contributed by atoms with Crippen molar-refractivity contribution in [2.24, 2.45) is 5.92 Å². The van der Waals surface area contributed by atoms with Crippen molar-refractivity contribution in [3.8, 4) is 12.5 Å². The van der Waals surface area contributed by atoms with Crippen molar-refractivity contribution in [1.82, 2.24) is 4.90 Å². The molecule has 1 heterocycles. The number of hydrogen-bond donors (Lipinski definition) is 0. The van der Waals surface area contributed by atoms with Crippen LogP contribution in [0.15, 0.2) is 0 Å². The molecule has 0 radical (unpaired) electrons. The maximum absolute atomic E-state index is 5.40. The van der Waals surface area contributed by atoms with Crippen LogP contribution in [0.25, 0.3) is 0 Å². The first-order valence-electron chi connectivity index (χ1n) is 4.44. The Morgan fingerprint density at radius 3 is 2.58 bits per heavy atom. The summed E-state index contributed by atoms with van der Waals surface area (Å²) in [6, 6.07) is 3.21. The van der Waals surface area contributed by atoms with E-state index in [2.05, 4.69) is 24.8 Å². The molecule has 1 fully saturated rings. The molecule has 68 valence electrons. The largest absolute Gasteiger partial charge is 0.380 e. The first-order valence-corrected chi connectivity index (χ1v) is 4.44. The zero-order chi connectivity index (χ0) is 9.14. The lowest BCUT2D eigenvalue weighted by Crippen LogP contribution is -2.29. The summed E-state index contributed by atoms with van der Waals surface area (Å²) in [5.41, 5.74) is 0. The molecule has 0 N–H and O–H groups in total. The van der Waals surface area contributed by atoms with Crippen LogP contribution < -0.4 is 0 Å². The Morgan fingerprint density at radius 1 is 1.58 bits per heavy atom. The summed E-state index contributed by atoms with van der Waals surface area (Å²) in [7, 11) is 1.75. The molecule has 0 saturated carbocycles. The van der Waals surface area contributed by atoms with Gasteiger partial charge in [-0.1, -0.05) is 20.3 Å². The van der Waals surface area contributed by atoms with Gasteiger partial charge in [-0.3, -0.25) is 0 Å². The molecule has 0 aromatic carbocycles. The summed E-state index contributed by atoms with van der Waals surface area (Å²) < 4.78 is 5.29. The van der Waals surface area contributed by atoms with Crippen LogP contribution in [0.4, 0.5) is 0 Å². The van der Waals surface area contributed by atoms with Crippen molar-refractivity contribution >= 4 is 0 Å². The Kier molecular flexibility index (Phi) is 2.99. The molecule has 1 saturated heterocycles. The third-order valence-corrected chi connectivity index (χ3v) is 2.57. The van der Waals surface area contributed by atoms with Gasteiger partial charge >= 0.3 is 0 Å². The Hall–Kier alpha value is -0.680. The molecule has 0 aromatic heterocycles. The lowest BCUT2D eigenvalue weighted by Gasteiger charge is -2.22. The molecule has 0 bridgehead atoms. The molecule has 2 atom stereocenters. The zero-order valence-electron chi connectivity index (χ0n) is 8.08. The van der Waals surface area contributed by atoms with E-state index >= 15 is 0 Å². The number of nitrogens with zero attached hydrogens (tertiary/aromatic N) is 1. The minimum atomic E-state index is 0.327. The second-order valence-electron chi connectivity index (χ2n) is 3.69. The maximum atomic E-state index is 5.40. The average molecular weight is 167 g/mol. The van der Waals surface area contributed by atoms with E-state index in [0.717, 1.165) is 13.0 Å². The SMILES string of the molecule is C#CN1C[C@H](OC)CC1C(C)C. The van der Waals surface area contributed by atoms with Gasteiger partial charge < -0.3 is 9.64 Å². The fraction of sp³-hybridized carbons (Fsp3) is 0.800. The highest BCUT2D eigenvalue weighted by atomic mass is 16.5. The van der Waals surface area contributed by atoms with E-state index in [0.29, 0.717) is 18.1 Å². The first-order chi connectivity index (χ1) is 5.69. The van der Waals surface area contributed by atoms with E-state index in [-0.39, 0.29) is 0 Å². The minimum Gasteiger partial charge on any atom is -0.380 e. The molecule has 1 aliphatic rings. The second-order valence-corrected chi connectivity index (χ2v) is 3.69. The van der Waals surface area contributed by atoms with Crippen LogP contribution in [0, 0.1) is 18.4 Å². The van der Waals surface area contributed by atoms with Gasteiger partial charge in [0.2, 0.25) is 0 Å². The monoisotopic (exact) mass is 167 g/mol. The van der Waals surface area contributed by atoms with Crippen LogP contribution >= 0.6 is 0 Å². The average Bonchev–Trinajstić information content (AvgIpc) is 2.47. The fourth-order valence-electron chi connectivity index (χ4n) is 1.78. The molecule has 0 aromatic rings. The van der Waals surface area contributed by atoms with Crippen molar-refractivity contribution < 1.29 is 4.74 Å². The van der Waals surface area contributed by atoms with Crippen LogP contribution in [-0.2, 0) is 4.74 Å². The quantitative estimate of drug-likeness (QED) is 0.575. The normalized spacial score (nSPS) is 29.4.